The van der Waals surface area contributed by atoms with Crippen LogP contribution in [0, 0.1) is 0 Å². The van der Waals surface area contributed by atoms with Crippen LogP contribution in [-0.4, -0.2) is 74.5 Å². The van der Waals surface area contributed by atoms with Gasteiger partial charge in [0.05, 0.1) is 6.42 Å². The SMILES string of the molecule is C[C@]1(C(=O)OCCOS(=O)(=O)C(F)(F)F)[C@H](C(=O)OC(c2ccccc2)c2ccccc2)N2C(=O)CC2S1(=O)=O. The third-order valence-corrected chi connectivity index (χ3v) is 10.3. The Morgan fingerprint density at radius 1 is 1.02 bits per heavy atom. The zero-order valence-electron chi connectivity index (χ0n) is 20.6. The van der Waals surface area contributed by atoms with Crippen LogP contribution in [0.3, 0.4) is 0 Å². The van der Waals surface area contributed by atoms with E-state index in [9.17, 15) is 44.4 Å². The molecule has 0 N–H and O–H groups in total. The number of carbonyl (C=O) groups is 3. The van der Waals surface area contributed by atoms with Crippen molar-refractivity contribution in [2.24, 2.45) is 0 Å². The van der Waals surface area contributed by atoms with E-state index in [1.807, 2.05) is 0 Å². The number of rotatable bonds is 9. The van der Waals surface area contributed by atoms with Gasteiger partial charge in [0.1, 0.15) is 18.6 Å². The molecule has 0 saturated carbocycles. The second kappa shape index (κ2) is 10.5. The van der Waals surface area contributed by atoms with Crippen molar-refractivity contribution in [2.45, 2.75) is 41.1 Å². The predicted octanol–water partition coefficient (Wildman–Crippen LogP) is 1.84. The van der Waals surface area contributed by atoms with Gasteiger partial charge in [0.25, 0.3) is 0 Å². The van der Waals surface area contributed by atoms with Crippen molar-refractivity contribution < 1.29 is 58.0 Å². The van der Waals surface area contributed by atoms with Crippen molar-refractivity contribution in [3.05, 3.63) is 71.8 Å². The first-order chi connectivity index (χ1) is 18.6. The fraction of sp³-hybridized carbons (Fsp3) is 0.375. The second-order valence-electron chi connectivity index (χ2n) is 9.01. The molecular formula is C24H22F3NO10S2. The minimum Gasteiger partial charge on any atom is -0.462 e. The molecule has 11 nitrogen and oxygen atoms in total. The summed E-state index contributed by atoms with van der Waals surface area (Å²) in [5.41, 5.74) is -4.73. The Bertz CT molecular complexity index is 1480. The molecule has 2 saturated heterocycles. The summed E-state index contributed by atoms with van der Waals surface area (Å²) in [5.74, 6) is -3.59. The van der Waals surface area contributed by atoms with Gasteiger partial charge in [-0.1, -0.05) is 60.7 Å². The molecule has 2 aliphatic rings. The second-order valence-corrected chi connectivity index (χ2v) is 13.1. The first-order valence-corrected chi connectivity index (χ1v) is 14.6. The maximum Gasteiger partial charge on any atom is 0.523 e. The fourth-order valence-corrected chi connectivity index (χ4v) is 7.19. The molecule has 4 rings (SSSR count). The monoisotopic (exact) mass is 605 g/mol. The highest BCUT2D eigenvalue weighted by atomic mass is 32.2. The maximum atomic E-state index is 13.6. The Kier molecular flexibility index (Phi) is 7.72. The number of alkyl halides is 3. The van der Waals surface area contributed by atoms with E-state index in [1.165, 1.54) is 0 Å². The minimum atomic E-state index is -5.99. The highest BCUT2D eigenvalue weighted by Crippen LogP contribution is 2.47. The molecule has 0 bridgehead atoms. The molecule has 2 aliphatic heterocycles. The van der Waals surface area contributed by atoms with Crippen LogP contribution in [0.15, 0.2) is 60.7 Å². The fourth-order valence-electron chi connectivity index (χ4n) is 4.49. The Morgan fingerprint density at radius 3 is 2.02 bits per heavy atom. The van der Waals surface area contributed by atoms with Gasteiger partial charge >= 0.3 is 27.6 Å². The standard InChI is InChI=1S/C24H22F3NO10S2/c1-23(22(31)36-12-13-37-40(34,35)24(25,26)27)20(28-17(29)14-18(28)39(23,32)33)21(30)38-19(15-8-4-2-5-9-15)16-10-6-3-7-11-16/h2-11,18-20H,12-14H2,1H3/t18?,20-,23+/m0/s1. The van der Waals surface area contributed by atoms with Crippen molar-refractivity contribution in [2.75, 3.05) is 13.2 Å². The minimum absolute atomic E-state index is 0.502. The van der Waals surface area contributed by atoms with E-state index in [-0.39, 0.29) is 0 Å². The highest BCUT2D eigenvalue weighted by molar-refractivity contribution is 7.94. The molecule has 0 aliphatic carbocycles. The van der Waals surface area contributed by atoms with Crippen molar-refractivity contribution in [3.63, 3.8) is 0 Å². The quantitative estimate of drug-likeness (QED) is 0.136. The summed E-state index contributed by atoms with van der Waals surface area (Å²) in [6.45, 7) is -1.54. The van der Waals surface area contributed by atoms with Crippen molar-refractivity contribution >= 4 is 37.8 Å². The number of β-lactam (4-membered cyclic amide) rings is 1. The van der Waals surface area contributed by atoms with Crippen molar-refractivity contribution in [1.82, 2.24) is 4.90 Å². The summed E-state index contributed by atoms with van der Waals surface area (Å²) in [7, 11) is -10.6. The van der Waals surface area contributed by atoms with Crippen LogP contribution in [0.2, 0.25) is 0 Å². The van der Waals surface area contributed by atoms with E-state index >= 15 is 0 Å². The molecule has 2 fully saturated rings. The molecule has 216 valence electrons. The van der Waals surface area contributed by atoms with E-state index in [0.717, 1.165) is 6.92 Å². The van der Waals surface area contributed by atoms with E-state index < -0.39 is 85.2 Å². The average molecular weight is 606 g/mol. The summed E-state index contributed by atoms with van der Waals surface area (Å²) in [4.78, 5) is 39.8. The Balaban J connectivity index is 1.61. The normalized spacial score (nSPS) is 23.8. The van der Waals surface area contributed by atoms with Crippen LogP contribution in [0.1, 0.15) is 30.6 Å². The summed E-state index contributed by atoms with van der Waals surface area (Å²) >= 11 is 0. The number of benzene rings is 2. The zero-order chi connectivity index (χ0) is 29.5. The first-order valence-electron chi connectivity index (χ1n) is 11.6. The van der Waals surface area contributed by atoms with E-state index in [1.54, 1.807) is 60.7 Å². The number of sulfone groups is 1. The van der Waals surface area contributed by atoms with Gasteiger partial charge in [0, 0.05) is 0 Å². The maximum absolute atomic E-state index is 13.6. The predicted molar refractivity (Wildman–Crippen MR) is 129 cm³/mol. The number of fused-ring (bicyclic) bond motifs is 1. The number of ether oxygens (including phenoxy) is 2. The Morgan fingerprint density at radius 2 is 1.55 bits per heavy atom. The lowest BCUT2D eigenvalue weighted by Gasteiger charge is -2.36. The summed E-state index contributed by atoms with van der Waals surface area (Å²) < 4.78 is 97.7. The van der Waals surface area contributed by atoms with E-state index in [4.69, 9.17) is 9.47 Å². The Hall–Kier alpha value is -3.50. The molecular weight excluding hydrogens is 583 g/mol. The lowest BCUT2D eigenvalue weighted by Crippen LogP contribution is -2.59. The zero-order valence-corrected chi connectivity index (χ0v) is 22.2. The van der Waals surface area contributed by atoms with E-state index in [2.05, 4.69) is 4.18 Å². The molecule has 2 aromatic carbocycles. The summed E-state index contributed by atoms with van der Waals surface area (Å²) in [5, 5.41) is -1.54. The highest BCUT2D eigenvalue weighted by Gasteiger charge is 2.74. The van der Waals surface area contributed by atoms with Gasteiger partial charge in [0.15, 0.2) is 26.7 Å². The van der Waals surface area contributed by atoms with E-state index in [0.29, 0.717) is 16.0 Å². The number of hydrogen-bond donors (Lipinski definition) is 0. The topological polar surface area (TPSA) is 150 Å². The molecule has 0 spiro atoms. The van der Waals surface area contributed by atoms with Gasteiger partial charge in [-0.3, -0.25) is 13.8 Å². The molecule has 40 heavy (non-hydrogen) atoms. The molecule has 0 radical (unpaired) electrons. The molecule has 2 aromatic rings. The number of nitrogens with zero attached hydrogens (tertiary/aromatic N) is 1. The molecule has 0 aromatic heterocycles. The smallest absolute Gasteiger partial charge is 0.462 e. The lowest BCUT2D eigenvalue weighted by atomic mass is 9.95. The van der Waals surface area contributed by atoms with Crippen LogP contribution in [-0.2, 0) is 48.0 Å². The van der Waals surface area contributed by atoms with Crippen LogP contribution in [0.5, 0.6) is 0 Å². The molecule has 1 amide bonds. The van der Waals surface area contributed by atoms with Gasteiger partial charge in [-0.25, -0.2) is 13.2 Å². The number of halogens is 3. The molecule has 16 heteroatoms. The van der Waals surface area contributed by atoms with Gasteiger partial charge in [-0.2, -0.15) is 21.6 Å². The molecule has 3 atom stereocenters. The summed E-state index contributed by atoms with van der Waals surface area (Å²) in [6.07, 6.45) is -1.57. The first kappa shape index (κ1) is 29.5. The lowest BCUT2D eigenvalue weighted by molar-refractivity contribution is -0.168. The van der Waals surface area contributed by atoms with Gasteiger partial charge in [-0.15, -0.1) is 0 Å². The number of carbonyl (C=O) groups excluding carboxylic acids is 3. The average Bonchev–Trinajstić information content (AvgIpc) is 3.05. The van der Waals surface area contributed by atoms with Crippen LogP contribution in [0.4, 0.5) is 13.2 Å². The largest absolute Gasteiger partial charge is 0.523 e. The van der Waals surface area contributed by atoms with Crippen LogP contribution < -0.4 is 0 Å². The molecule has 2 heterocycles. The number of esters is 2. The van der Waals surface area contributed by atoms with Gasteiger partial charge in [0.2, 0.25) is 5.91 Å². The third-order valence-electron chi connectivity index (χ3n) is 6.60. The van der Waals surface area contributed by atoms with Gasteiger partial charge < -0.3 is 14.4 Å². The third kappa shape index (κ3) is 4.94. The number of amides is 1. The summed E-state index contributed by atoms with van der Waals surface area (Å²) in [6, 6.07) is 14.7. The van der Waals surface area contributed by atoms with Crippen LogP contribution in [0.25, 0.3) is 0 Å². The van der Waals surface area contributed by atoms with Crippen LogP contribution >= 0.6 is 0 Å². The Labute approximate surface area is 226 Å². The van der Waals surface area contributed by atoms with Crippen molar-refractivity contribution in [3.8, 4) is 0 Å². The van der Waals surface area contributed by atoms with Crippen molar-refractivity contribution in [1.29, 1.82) is 0 Å². The van der Waals surface area contributed by atoms with Gasteiger partial charge in [-0.05, 0) is 18.1 Å². The molecule has 1 unspecified atom stereocenters. The number of hydrogen-bond acceptors (Lipinski definition) is 10.